The van der Waals surface area contributed by atoms with Crippen LogP contribution in [0.15, 0.2) is 53.4 Å². The number of rotatable bonds is 10. The monoisotopic (exact) mass is 404 g/mol. The van der Waals surface area contributed by atoms with E-state index >= 15 is 0 Å². The third-order valence-corrected chi connectivity index (χ3v) is 5.54. The number of ketones is 1. The lowest BCUT2D eigenvalue weighted by molar-refractivity contribution is -0.121. The summed E-state index contributed by atoms with van der Waals surface area (Å²) in [6.07, 6.45) is 0.157. The van der Waals surface area contributed by atoms with Crippen molar-refractivity contribution in [3.8, 4) is 5.75 Å². The maximum atomic E-state index is 12.2. The molecule has 28 heavy (non-hydrogen) atoms. The van der Waals surface area contributed by atoms with Gasteiger partial charge in [-0.25, -0.2) is 13.1 Å². The lowest BCUT2D eigenvalue weighted by Gasteiger charge is -2.09. The molecule has 7 nitrogen and oxygen atoms in total. The highest BCUT2D eigenvalue weighted by atomic mass is 32.2. The van der Waals surface area contributed by atoms with Crippen molar-refractivity contribution in [2.75, 3.05) is 20.2 Å². The van der Waals surface area contributed by atoms with Gasteiger partial charge in [-0.3, -0.25) is 9.59 Å². The van der Waals surface area contributed by atoms with Gasteiger partial charge in [0.25, 0.3) is 0 Å². The molecule has 0 aromatic heterocycles. The van der Waals surface area contributed by atoms with E-state index in [0.29, 0.717) is 11.3 Å². The third-order valence-electron chi connectivity index (χ3n) is 4.06. The number of nitrogens with one attached hydrogen (secondary N) is 2. The maximum absolute atomic E-state index is 12.2. The van der Waals surface area contributed by atoms with Crippen molar-refractivity contribution >= 4 is 21.7 Å². The number of Topliss-reactive ketones (excluding diaryl/α,β-unsaturated/α-hetero) is 1. The number of methoxy groups -OCH3 is 1. The van der Waals surface area contributed by atoms with Crippen LogP contribution in [0.4, 0.5) is 0 Å². The van der Waals surface area contributed by atoms with E-state index in [9.17, 15) is 18.0 Å². The smallest absolute Gasteiger partial charge is 0.240 e. The SMILES string of the molecule is COc1ccc(S(=O)(=O)NCCNC(=O)CCC(=O)c2ccc(C)cc2)cc1. The molecule has 8 heteroatoms. The van der Waals surface area contributed by atoms with E-state index in [1.807, 2.05) is 19.1 Å². The van der Waals surface area contributed by atoms with E-state index in [-0.39, 0.29) is 42.5 Å². The summed E-state index contributed by atoms with van der Waals surface area (Å²) in [7, 11) is -2.16. The fraction of sp³-hybridized carbons (Fsp3) is 0.300. The number of hydrogen-bond acceptors (Lipinski definition) is 5. The predicted octanol–water partition coefficient (Wildman–Crippen LogP) is 2.06. The first kappa shape index (κ1) is 21.6. The van der Waals surface area contributed by atoms with Crippen LogP contribution < -0.4 is 14.8 Å². The summed E-state index contributed by atoms with van der Waals surface area (Å²) in [5.74, 6) is 0.158. The number of hydrogen-bond donors (Lipinski definition) is 2. The van der Waals surface area contributed by atoms with Gasteiger partial charge in [0, 0.05) is 31.5 Å². The zero-order valence-electron chi connectivity index (χ0n) is 15.9. The maximum Gasteiger partial charge on any atom is 0.240 e. The molecule has 150 valence electrons. The Morgan fingerprint density at radius 1 is 0.929 bits per heavy atom. The summed E-state index contributed by atoms with van der Waals surface area (Å²) in [4.78, 5) is 24.0. The van der Waals surface area contributed by atoms with Crippen molar-refractivity contribution in [3.05, 3.63) is 59.7 Å². The Hall–Kier alpha value is -2.71. The lowest BCUT2D eigenvalue weighted by Crippen LogP contribution is -2.34. The van der Waals surface area contributed by atoms with Crippen molar-refractivity contribution < 1.29 is 22.7 Å². The summed E-state index contributed by atoms with van der Waals surface area (Å²) in [6.45, 7) is 2.11. The number of aryl methyl sites for hydroxylation is 1. The fourth-order valence-electron chi connectivity index (χ4n) is 2.42. The van der Waals surface area contributed by atoms with Gasteiger partial charge in [0.2, 0.25) is 15.9 Å². The van der Waals surface area contributed by atoms with E-state index in [1.165, 1.54) is 19.2 Å². The molecule has 0 aliphatic rings. The molecule has 2 aromatic carbocycles. The highest BCUT2D eigenvalue weighted by molar-refractivity contribution is 7.89. The van der Waals surface area contributed by atoms with Crippen LogP contribution in [-0.2, 0) is 14.8 Å². The number of carbonyl (C=O) groups excluding carboxylic acids is 2. The highest BCUT2D eigenvalue weighted by Crippen LogP contribution is 2.15. The van der Waals surface area contributed by atoms with Gasteiger partial charge in [0.15, 0.2) is 5.78 Å². The number of ether oxygens (including phenoxy) is 1. The number of carbonyl (C=O) groups is 2. The van der Waals surface area contributed by atoms with E-state index in [0.717, 1.165) is 5.56 Å². The van der Waals surface area contributed by atoms with Crippen molar-refractivity contribution in [2.45, 2.75) is 24.7 Å². The highest BCUT2D eigenvalue weighted by Gasteiger charge is 2.14. The van der Waals surface area contributed by atoms with Gasteiger partial charge in [0.05, 0.1) is 12.0 Å². The normalized spacial score (nSPS) is 11.1. The largest absolute Gasteiger partial charge is 0.497 e. The molecule has 0 spiro atoms. The van der Waals surface area contributed by atoms with Crippen LogP contribution in [0.25, 0.3) is 0 Å². The van der Waals surface area contributed by atoms with Crippen LogP contribution in [0.5, 0.6) is 5.75 Å². The van der Waals surface area contributed by atoms with Crippen molar-refractivity contribution in [2.24, 2.45) is 0 Å². The Kier molecular flexibility index (Phi) is 7.71. The van der Waals surface area contributed by atoms with Gasteiger partial charge in [0.1, 0.15) is 5.75 Å². The fourth-order valence-corrected chi connectivity index (χ4v) is 3.46. The zero-order chi connectivity index (χ0) is 20.6. The van der Waals surface area contributed by atoms with Crippen LogP contribution in [0.2, 0.25) is 0 Å². The molecule has 2 N–H and O–H groups in total. The summed E-state index contributed by atoms with van der Waals surface area (Å²) < 4.78 is 31.7. The Labute approximate surface area is 165 Å². The van der Waals surface area contributed by atoms with Gasteiger partial charge < -0.3 is 10.1 Å². The molecule has 0 aliphatic carbocycles. The number of amides is 1. The average molecular weight is 404 g/mol. The van der Waals surface area contributed by atoms with Gasteiger partial charge >= 0.3 is 0 Å². The Morgan fingerprint density at radius 2 is 1.57 bits per heavy atom. The van der Waals surface area contributed by atoms with E-state index < -0.39 is 10.0 Å². The summed E-state index contributed by atoms with van der Waals surface area (Å²) >= 11 is 0. The molecule has 2 aromatic rings. The molecule has 0 atom stereocenters. The number of benzene rings is 2. The summed E-state index contributed by atoms with van der Waals surface area (Å²) in [5.41, 5.74) is 1.64. The minimum Gasteiger partial charge on any atom is -0.497 e. The van der Waals surface area contributed by atoms with Crippen LogP contribution in [0.3, 0.4) is 0 Å². The molecular weight excluding hydrogens is 380 g/mol. The first-order valence-electron chi connectivity index (χ1n) is 8.82. The molecule has 0 saturated heterocycles. The topological polar surface area (TPSA) is 102 Å². The molecule has 0 radical (unpaired) electrons. The molecule has 0 heterocycles. The van der Waals surface area contributed by atoms with Gasteiger partial charge in [-0.2, -0.15) is 0 Å². The first-order valence-corrected chi connectivity index (χ1v) is 10.3. The van der Waals surface area contributed by atoms with E-state index in [2.05, 4.69) is 10.0 Å². The second kappa shape index (κ2) is 10.0. The van der Waals surface area contributed by atoms with Gasteiger partial charge in [-0.15, -0.1) is 0 Å². The quantitative estimate of drug-likeness (QED) is 0.466. The second-order valence-electron chi connectivity index (χ2n) is 6.21. The van der Waals surface area contributed by atoms with E-state index in [4.69, 9.17) is 4.74 Å². The third kappa shape index (κ3) is 6.47. The Bertz CT molecular complexity index is 907. The molecule has 1 amide bonds. The number of sulfonamides is 1. The minimum atomic E-state index is -3.66. The summed E-state index contributed by atoms with van der Waals surface area (Å²) in [6, 6.07) is 13.2. The molecule has 2 rings (SSSR count). The van der Waals surface area contributed by atoms with Crippen LogP contribution in [-0.4, -0.2) is 40.3 Å². The summed E-state index contributed by atoms with van der Waals surface area (Å²) in [5, 5.41) is 2.60. The molecule has 0 bridgehead atoms. The van der Waals surface area contributed by atoms with Crippen molar-refractivity contribution in [1.29, 1.82) is 0 Å². The molecule has 0 aliphatic heterocycles. The van der Waals surface area contributed by atoms with Gasteiger partial charge in [-0.1, -0.05) is 29.8 Å². The van der Waals surface area contributed by atoms with Crippen molar-refractivity contribution in [3.63, 3.8) is 0 Å². The van der Waals surface area contributed by atoms with E-state index in [1.54, 1.807) is 24.3 Å². The van der Waals surface area contributed by atoms with Crippen LogP contribution in [0.1, 0.15) is 28.8 Å². The molecule has 0 unspecified atom stereocenters. The molecule has 0 fully saturated rings. The Balaban J connectivity index is 1.71. The minimum absolute atomic E-state index is 0.0476. The predicted molar refractivity (Wildman–Crippen MR) is 106 cm³/mol. The second-order valence-corrected chi connectivity index (χ2v) is 7.98. The van der Waals surface area contributed by atoms with Crippen molar-refractivity contribution in [1.82, 2.24) is 10.0 Å². The zero-order valence-corrected chi connectivity index (χ0v) is 16.7. The molecule has 0 saturated carbocycles. The molecular formula is C20H24N2O5S. The Morgan fingerprint density at radius 3 is 2.18 bits per heavy atom. The standard InChI is InChI=1S/C20H24N2O5S/c1-15-3-5-16(6-4-15)19(23)11-12-20(24)21-13-14-22-28(25,26)18-9-7-17(27-2)8-10-18/h3-10,22H,11-14H2,1-2H3,(H,21,24). The first-order chi connectivity index (χ1) is 13.3. The van der Waals surface area contributed by atoms with Gasteiger partial charge in [-0.05, 0) is 31.2 Å². The lowest BCUT2D eigenvalue weighted by atomic mass is 10.1. The average Bonchev–Trinajstić information content (AvgIpc) is 2.70. The van der Waals surface area contributed by atoms with Crippen LogP contribution in [0, 0.1) is 6.92 Å². The van der Waals surface area contributed by atoms with Crippen LogP contribution >= 0.6 is 0 Å².